The molecule has 106 valence electrons. The lowest BCUT2D eigenvalue weighted by Gasteiger charge is -2.31. The molecule has 2 N–H and O–H groups in total. The molecule has 1 rings (SSSR count). The normalized spacial score (nSPS) is 17.9. The molecule has 0 aromatic heterocycles. The summed E-state index contributed by atoms with van der Waals surface area (Å²) in [4.78, 5) is 13.9. The van der Waals surface area contributed by atoms with E-state index in [2.05, 4.69) is 15.5 Å². The molecule has 0 unspecified atom stereocenters. The van der Waals surface area contributed by atoms with Gasteiger partial charge in [0.2, 0.25) is 5.91 Å². The molecule has 1 heterocycles. The molecule has 18 heavy (non-hydrogen) atoms. The number of ether oxygens (including phenoxy) is 1. The van der Waals surface area contributed by atoms with E-state index >= 15 is 0 Å². The van der Waals surface area contributed by atoms with Crippen molar-refractivity contribution in [2.45, 2.75) is 19.3 Å². The molecule has 0 aromatic rings. The van der Waals surface area contributed by atoms with Crippen LogP contribution in [-0.4, -0.2) is 64.3 Å². The predicted octanol–water partition coefficient (Wildman–Crippen LogP) is 0.0705. The SMILES string of the molecule is CNCC1CCN(CC(=O)NCCCOC)CC1. The summed E-state index contributed by atoms with van der Waals surface area (Å²) in [6, 6.07) is 0. The Morgan fingerprint density at radius 1 is 1.39 bits per heavy atom. The molecule has 0 radical (unpaired) electrons. The van der Waals surface area contributed by atoms with E-state index in [9.17, 15) is 4.79 Å². The van der Waals surface area contributed by atoms with Gasteiger partial charge in [0.05, 0.1) is 6.54 Å². The van der Waals surface area contributed by atoms with Crippen molar-refractivity contribution in [2.24, 2.45) is 5.92 Å². The summed E-state index contributed by atoms with van der Waals surface area (Å²) in [5.41, 5.74) is 0. The molecule has 1 aliphatic heterocycles. The highest BCUT2D eigenvalue weighted by Crippen LogP contribution is 2.15. The summed E-state index contributed by atoms with van der Waals surface area (Å²) >= 11 is 0. The number of carbonyl (C=O) groups excluding carboxylic acids is 1. The minimum atomic E-state index is 0.137. The minimum Gasteiger partial charge on any atom is -0.385 e. The maximum atomic E-state index is 11.7. The number of piperidine rings is 1. The van der Waals surface area contributed by atoms with Crippen LogP contribution < -0.4 is 10.6 Å². The zero-order chi connectivity index (χ0) is 13.2. The molecule has 1 amide bonds. The van der Waals surface area contributed by atoms with Gasteiger partial charge in [-0.05, 0) is 51.9 Å². The smallest absolute Gasteiger partial charge is 0.234 e. The molecule has 0 aliphatic carbocycles. The highest BCUT2D eigenvalue weighted by atomic mass is 16.5. The van der Waals surface area contributed by atoms with E-state index in [0.29, 0.717) is 19.7 Å². The average molecular weight is 257 g/mol. The van der Waals surface area contributed by atoms with Crippen molar-refractivity contribution in [3.05, 3.63) is 0 Å². The van der Waals surface area contributed by atoms with Crippen LogP contribution in [-0.2, 0) is 9.53 Å². The van der Waals surface area contributed by atoms with E-state index in [4.69, 9.17) is 4.74 Å². The third-order valence-electron chi connectivity index (χ3n) is 3.41. The van der Waals surface area contributed by atoms with Crippen LogP contribution in [0.1, 0.15) is 19.3 Å². The van der Waals surface area contributed by atoms with E-state index in [-0.39, 0.29) is 5.91 Å². The number of rotatable bonds is 8. The first-order valence-electron chi connectivity index (χ1n) is 6.89. The number of methoxy groups -OCH3 is 1. The van der Waals surface area contributed by atoms with Gasteiger partial charge >= 0.3 is 0 Å². The number of hydrogen-bond donors (Lipinski definition) is 2. The monoisotopic (exact) mass is 257 g/mol. The van der Waals surface area contributed by atoms with Gasteiger partial charge in [-0.1, -0.05) is 0 Å². The Kier molecular flexibility index (Phi) is 7.96. The Morgan fingerprint density at radius 2 is 2.11 bits per heavy atom. The first kappa shape index (κ1) is 15.4. The van der Waals surface area contributed by atoms with Crippen molar-refractivity contribution in [1.29, 1.82) is 0 Å². The molecule has 0 bridgehead atoms. The van der Waals surface area contributed by atoms with Gasteiger partial charge < -0.3 is 15.4 Å². The number of amides is 1. The lowest BCUT2D eigenvalue weighted by Crippen LogP contribution is -2.43. The van der Waals surface area contributed by atoms with Crippen molar-refractivity contribution < 1.29 is 9.53 Å². The molecule has 0 spiro atoms. The molecule has 0 atom stereocenters. The van der Waals surface area contributed by atoms with Gasteiger partial charge in [-0.15, -0.1) is 0 Å². The second kappa shape index (κ2) is 9.30. The Morgan fingerprint density at radius 3 is 2.72 bits per heavy atom. The standard InChI is InChI=1S/C13H27N3O2/c1-14-10-12-4-7-16(8-5-12)11-13(17)15-6-3-9-18-2/h12,14H,3-11H2,1-2H3,(H,15,17). The molecular weight excluding hydrogens is 230 g/mol. The van der Waals surface area contributed by atoms with Crippen molar-refractivity contribution in [1.82, 2.24) is 15.5 Å². The van der Waals surface area contributed by atoms with Gasteiger partial charge in [-0.25, -0.2) is 0 Å². The first-order valence-corrected chi connectivity index (χ1v) is 6.89. The molecule has 1 fully saturated rings. The van der Waals surface area contributed by atoms with Crippen molar-refractivity contribution in [3.8, 4) is 0 Å². The average Bonchev–Trinajstić information content (AvgIpc) is 2.37. The van der Waals surface area contributed by atoms with Crippen LogP contribution in [0.2, 0.25) is 0 Å². The molecule has 1 aliphatic rings. The van der Waals surface area contributed by atoms with Crippen molar-refractivity contribution in [3.63, 3.8) is 0 Å². The Bertz CT molecular complexity index is 228. The van der Waals surface area contributed by atoms with Gasteiger partial charge in [0, 0.05) is 20.3 Å². The highest BCUT2D eigenvalue weighted by molar-refractivity contribution is 5.77. The Balaban J connectivity index is 2.07. The Hall–Kier alpha value is -0.650. The molecule has 1 saturated heterocycles. The van der Waals surface area contributed by atoms with Crippen LogP contribution >= 0.6 is 0 Å². The van der Waals surface area contributed by atoms with Gasteiger partial charge in [0.1, 0.15) is 0 Å². The maximum Gasteiger partial charge on any atom is 0.234 e. The molecule has 5 heteroatoms. The van der Waals surface area contributed by atoms with Gasteiger partial charge in [0.25, 0.3) is 0 Å². The third kappa shape index (κ3) is 6.33. The summed E-state index contributed by atoms with van der Waals surface area (Å²) in [5.74, 6) is 0.911. The first-order chi connectivity index (χ1) is 8.76. The third-order valence-corrected chi connectivity index (χ3v) is 3.41. The zero-order valence-corrected chi connectivity index (χ0v) is 11.7. The number of nitrogens with zero attached hydrogens (tertiary/aromatic N) is 1. The van der Waals surface area contributed by atoms with Crippen LogP contribution in [0.25, 0.3) is 0 Å². The molecule has 0 aromatic carbocycles. The number of hydrogen-bond acceptors (Lipinski definition) is 4. The number of carbonyl (C=O) groups is 1. The Labute approximate surface area is 110 Å². The largest absolute Gasteiger partial charge is 0.385 e. The van der Waals surface area contributed by atoms with Crippen molar-refractivity contribution >= 4 is 5.91 Å². The van der Waals surface area contributed by atoms with Crippen molar-refractivity contribution in [2.75, 3.05) is 53.5 Å². The second-order valence-electron chi connectivity index (χ2n) is 4.97. The van der Waals surface area contributed by atoms with E-state index in [0.717, 1.165) is 32.0 Å². The van der Waals surface area contributed by atoms with Gasteiger partial charge in [0.15, 0.2) is 0 Å². The van der Waals surface area contributed by atoms with E-state index in [1.54, 1.807) is 7.11 Å². The van der Waals surface area contributed by atoms with Gasteiger partial charge in [-0.2, -0.15) is 0 Å². The summed E-state index contributed by atoms with van der Waals surface area (Å²) < 4.78 is 4.94. The fourth-order valence-electron chi connectivity index (χ4n) is 2.34. The summed E-state index contributed by atoms with van der Waals surface area (Å²) in [6.07, 6.45) is 3.27. The number of likely N-dealkylation sites (tertiary alicyclic amines) is 1. The zero-order valence-electron chi connectivity index (χ0n) is 11.7. The van der Waals surface area contributed by atoms with E-state index in [1.165, 1.54) is 12.8 Å². The highest BCUT2D eigenvalue weighted by Gasteiger charge is 2.19. The van der Waals surface area contributed by atoms with E-state index in [1.807, 2.05) is 7.05 Å². The van der Waals surface area contributed by atoms with Crippen LogP contribution in [0.4, 0.5) is 0 Å². The topological polar surface area (TPSA) is 53.6 Å². The van der Waals surface area contributed by atoms with Crippen LogP contribution in [0, 0.1) is 5.92 Å². The summed E-state index contributed by atoms with van der Waals surface area (Å²) in [5, 5.41) is 6.15. The molecule has 0 saturated carbocycles. The van der Waals surface area contributed by atoms with Crippen LogP contribution in [0.15, 0.2) is 0 Å². The predicted molar refractivity (Wildman–Crippen MR) is 72.6 cm³/mol. The fraction of sp³-hybridized carbons (Fsp3) is 0.923. The summed E-state index contributed by atoms with van der Waals surface area (Å²) in [6.45, 7) is 5.13. The second-order valence-corrected chi connectivity index (χ2v) is 4.97. The summed E-state index contributed by atoms with van der Waals surface area (Å²) in [7, 11) is 3.68. The quantitative estimate of drug-likeness (QED) is 0.604. The molecule has 5 nitrogen and oxygen atoms in total. The minimum absolute atomic E-state index is 0.137. The fourth-order valence-corrected chi connectivity index (χ4v) is 2.34. The maximum absolute atomic E-state index is 11.7. The lowest BCUT2D eigenvalue weighted by atomic mass is 9.97. The number of nitrogens with one attached hydrogen (secondary N) is 2. The van der Waals surface area contributed by atoms with Crippen LogP contribution in [0.5, 0.6) is 0 Å². The van der Waals surface area contributed by atoms with E-state index < -0.39 is 0 Å². The van der Waals surface area contributed by atoms with Gasteiger partial charge in [-0.3, -0.25) is 9.69 Å². The lowest BCUT2D eigenvalue weighted by molar-refractivity contribution is -0.122. The van der Waals surface area contributed by atoms with Crippen LogP contribution in [0.3, 0.4) is 0 Å². The molecular formula is C13H27N3O2.